The van der Waals surface area contributed by atoms with E-state index in [4.69, 9.17) is 30.0 Å². The third-order valence-corrected chi connectivity index (χ3v) is 0. The van der Waals surface area contributed by atoms with E-state index in [1.54, 1.807) is 0 Å². The molecule has 0 aliphatic heterocycles. The molecule has 0 atom stereocenters. The Kier molecular flexibility index (Phi) is 17.4. The molecule has 0 fully saturated rings. The highest BCUT2D eigenvalue weighted by Gasteiger charge is 2.00. The maximum atomic E-state index is 8.44. The maximum absolute atomic E-state index is 8.44. The largest absolute Gasteiger partial charge is 2.00 e. The van der Waals surface area contributed by atoms with E-state index in [1.807, 2.05) is 0 Å². The Morgan fingerprint density at radius 1 is 1.00 bits per heavy atom. The zero-order valence-electron chi connectivity index (χ0n) is 3.94. The first-order chi connectivity index (χ1) is 3.46. The average molecular weight is 154 g/mol. The summed E-state index contributed by atoms with van der Waals surface area (Å²) in [7, 11) is 0. The van der Waals surface area contributed by atoms with Gasteiger partial charge in [0.1, 0.15) is 0 Å². The summed E-state index contributed by atoms with van der Waals surface area (Å²) in [6, 6.07) is 0. The Labute approximate surface area is 56.8 Å². The second-order valence-electron chi connectivity index (χ2n) is 0.532. The van der Waals surface area contributed by atoms with Crippen molar-refractivity contribution in [3.05, 3.63) is 0 Å². The van der Waals surface area contributed by atoms with Crippen molar-refractivity contribution in [3.63, 3.8) is 0 Å². The van der Waals surface area contributed by atoms with E-state index in [0.29, 0.717) is 0 Å². The lowest BCUT2D eigenvalue weighted by molar-refractivity contribution is -0.276. The van der Waals surface area contributed by atoms with Gasteiger partial charge in [0.05, 0.1) is 0 Å². The van der Waals surface area contributed by atoms with Crippen molar-refractivity contribution in [2.75, 3.05) is 0 Å². The van der Waals surface area contributed by atoms with Crippen LogP contribution in [0.25, 0.3) is 0 Å². The highest BCUT2D eigenvalue weighted by atomic mass is 32.1. The predicted molar refractivity (Wildman–Crippen MR) is 23.4 cm³/mol. The fourth-order valence-corrected chi connectivity index (χ4v) is 0. The van der Waals surface area contributed by atoms with Gasteiger partial charge in [-0.2, -0.15) is 0 Å². The van der Waals surface area contributed by atoms with Crippen LogP contribution >= 0.6 is 0 Å². The van der Waals surface area contributed by atoms with Gasteiger partial charge in [0.2, 0.25) is 12.3 Å². The van der Waals surface area contributed by atoms with Gasteiger partial charge in [-0.25, -0.2) is 0 Å². The van der Waals surface area contributed by atoms with Crippen molar-refractivity contribution in [2.24, 2.45) is 0 Å². The number of hydrogen-bond donors (Lipinski definition) is 2. The molecule has 0 aliphatic carbocycles. The minimum Gasteiger partial charge on any atom is -0.565 e. The van der Waals surface area contributed by atoms with E-state index < -0.39 is 12.3 Å². The Balaban J connectivity index is -0.0000000720. The summed E-state index contributed by atoms with van der Waals surface area (Å²) >= 11 is 0. The summed E-state index contributed by atoms with van der Waals surface area (Å²) in [5.41, 5.74) is 0. The van der Waals surface area contributed by atoms with Crippen molar-refractivity contribution < 1.29 is 30.0 Å². The lowest BCUT2D eigenvalue weighted by atomic mass is 11.5. The van der Waals surface area contributed by atoms with Crippen molar-refractivity contribution in [2.45, 2.75) is 0 Å². The predicted octanol–water partition coefficient (Wildman–Crippen LogP) is -2.23. The lowest BCUT2D eigenvalue weighted by Crippen LogP contribution is -2.17. The van der Waals surface area contributed by atoms with Crippen LogP contribution in [-0.4, -0.2) is 22.5 Å². The summed E-state index contributed by atoms with van der Waals surface area (Å²) < 4.78 is 0. The summed E-state index contributed by atoms with van der Waals surface area (Å²) in [6.07, 6.45) is -4.17. The molecule has 9 heavy (non-hydrogen) atoms. The molecule has 0 unspecified atom stereocenters. The minimum atomic E-state index is -2.08. The second kappa shape index (κ2) is 10.00. The summed E-state index contributed by atoms with van der Waals surface area (Å²) in [5.74, 6) is 0. The molecule has 6 nitrogen and oxygen atoms in total. The number of carbonyl (C=O) groups is 2. The molecule has 0 rings (SSSR count). The van der Waals surface area contributed by atoms with E-state index in [1.165, 1.54) is 0 Å². The van der Waals surface area contributed by atoms with Crippen LogP contribution in [0.4, 0.5) is 9.59 Å². The van der Waals surface area contributed by atoms with Crippen LogP contribution in [-0.2, 0) is 13.5 Å². The fraction of sp³-hybridized carbons (Fsp3) is 0. The average Bonchev–Trinajstić information content (AvgIpc) is 1.25. The molecular formula is C2H2O6S. The van der Waals surface area contributed by atoms with Crippen molar-refractivity contribution in [1.82, 2.24) is 0 Å². The minimum absolute atomic E-state index is 0. The Morgan fingerprint density at radius 2 is 1.00 bits per heavy atom. The zero-order valence-corrected chi connectivity index (χ0v) is 4.75. The van der Waals surface area contributed by atoms with Gasteiger partial charge >= 0.3 is 13.5 Å². The van der Waals surface area contributed by atoms with Gasteiger partial charge < -0.3 is 30.0 Å². The third kappa shape index (κ3) is 134. The molecular weight excluding hydrogens is 152 g/mol. The van der Waals surface area contributed by atoms with Crippen LogP contribution in [0.2, 0.25) is 0 Å². The monoisotopic (exact) mass is 154 g/mol. The molecule has 0 saturated heterocycles. The van der Waals surface area contributed by atoms with E-state index in [9.17, 15) is 0 Å². The molecule has 52 valence electrons. The number of carboxylic acid groups (broad SMARTS) is 4. The van der Waals surface area contributed by atoms with Crippen LogP contribution < -0.4 is 10.2 Å². The van der Waals surface area contributed by atoms with Crippen molar-refractivity contribution in [1.29, 1.82) is 0 Å². The summed E-state index contributed by atoms with van der Waals surface area (Å²) in [5, 5.41) is 30.6. The molecule has 0 aromatic heterocycles. The van der Waals surface area contributed by atoms with E-state index in [2.05, 4.69) is 0 Å². The van der Waals surface area contributed by atoms with E-state index in [-0.39, 0.29) is 13.5 Å². The Morgan fingerprint density at radius 3 is 1.00 bits per heavy atom. The van der Waals surface area contributed by atoms with Gasteiger partial charge in [-0.1, -0.05) is 0 Å². The summed E-state index contributed by atoms with van der Waals surface area (Å²) in [6.45, 7) is 0. The van der Waals surface area contributed by atoms with Crippen LogP contribution in [0.15, 0.2) is 0 Å². The molecule has 2 N–H and O–H groups in total. The van der Waals surface area contributed by atoms with Gasteiger partial charge in [0, 0.05) is 0 Å². The van der Waals surface area contributed by atoms with Crippen LogP contribution in [0.3, 0.4) is 0 Å². The number of rotatable bonds is 0. The molecule has 0 amide bonds. The first-order valence-corrected chi connectivity index (χ1v) is 1.26. The van der Waals surface area contributed by atoms with E-state index >= 15 is 0 Å². The maximum Gasteiger partial charge on any atom is 2.00 e. The van der Waals surface area contributed by atoms with Gasteiger partial charge in [0.15, 0.2) is 0 Å². The molecule has 0 aromatic carbocycles. The highest BCUT2D eigenvalue weighted by molar-refractivity contribution is 7.37. The molecule has 0 spiro atoms. The van der Waals surface area contributed by atoms with Gasteiger partial charge in [-0.15, -0.1) is 0 Å². The van der Waals surface area contributed by atoms with Gasteiger partial charge in [-0.3, -0.25) is 0 Å². The van der Waals surface area contributed by atoms with Crippen LogP contribution in [0.1, 0.15) is 0 Å². The topological polar surface area (TPSA) is 121 Å². The molecule has 0 bridgehead atoms. The quantitative estimate of drug-likeness (QED) is 0.407. The van der Waals surface area contributed by atoms with Crippen LogP contribution in [0, 0.1) is 0 Å². The normalized spacial score (nSPS) is 5.33. The van der Waals surface area contributed by atoms with Crippen molar-refractivity contribution >= 4 is 25.8 Å². The molecule has 4 radical (unpaired) electrons. The fourth-order valence-electron chi connectivity index (χ4n) is 0. The molecule has 0 heterocycles. The Hall–Kier alpha value is -1.11. The third-order valence-electron chi connectivity index (χ3n) is 0. The molecule has 7 heteroatoms. The molecule has 0 saturated carbocycles. The van der Waals surface area contributed by atoms with Gasteiger partial charge in [0.25, 0.3) is 0 Å². The van der Waals surface area contributed by atoms with E-state index in [0.717, 1.165) is 0 Å². The van der Waals surface area contributed by atoms with Crippen molar-refractivity contribution in [3.8, 4) is 0 Å². The first kappa shape index (κ1) is 15.7. The standard InChI is InChI=1S/2CH2O3.S/c2*2-1(3)4;/h2*(H2,2,3,4);/q;;+2/p-2. The molecule has 0 aliphatic rings. The summed E-state index contributed by atoms with van der Waals surface area (Å²) in [4.78, 5) is 16.9. The Bertz CT molecular complexity index is 69.1. The number of hydrogen-bond acceptors (Lipinski definition) is 4. The van der Waals surface area contributed by atoms with Gasteiger partial charge in [-0.05, 0) is 0 Å². The van der Waals surface area contributed by atoms with Crippen LogP contribution in [0.5, 0.6) is 0 Å². The smallest absolute Gasteiger partial charge is 0.565 e. The second-order valence-corrected chi connectivity index (χ2v) is 0.532. The molecule has 0 aromatic rings. The zero-order chi connectivity index (χ0) is 7.15. The lowest BCUT2D eigenvalue weighted by Gasteiger charge is -1.74. The SMILES string of the molecule is O=C([O-])O.O=C([O-])O.[S+2]. The first-order valence-electron chi connectivity index (χ1n) is 1.26. The highest BCUT2D eigenvalue weighted by Crippen LogP contribution is 1.32.